The molecule has 1 aliphatic rings. The second-order valence-electron chi connectivity index (χ2n) is 7.94. The molecule has 1 fully saturated rings. The molecule has 1 aliphatic carbocycles. The molecule has 158 valence electrons. The third-order valence-corrected chi connectivity index (χ3v) is 6.08. The lowest BCUT2D eigenvalue weighted by Gasteiger charge is -2.37. The van der Waals surface area contributed by atoms with E-state index in [1.54, 1.807) is 14.2 Å². The van der Waals surface area contributed by atoms with E-state index >= 15 is 0 Å². The van der Waals surface area contributed by atoms with Crippen molar-refractivity contribution >= 4 is 0 Å². The molecule has 0 saturated heterocycles. The van der Waals surface area contributed by atoms with E-state index in [1.807, 2.05) is 12.1 Å². The Morgan fingerprint density at radius 1 is 0.931 bits per heavy atom. The minimum Gasteiger partial charge on any atom is -0.496 e. The summed E-state index contributed by atoms with van der Waals surface area (Å²) in [6, 6.07) is 12.4. The molecule has 29 heavy (non-hydrogen) atoms. The highest BCUT2D eigenvalue weighted by atomic mass is 16.5. The summed E-state index contributed by atoms with van der Waals surface area (Å²) in [5.41, 5.74) is 4.32. The first-order valence-corrected chi connectivity index (χ1v) is 10.3. The van der Waals surface area contributed by atoms with Crippen LogP contribution in [0.5, 0.6) is 11.5 Å². The molecular formula is C24H32O5. The normalized spacial score (nSPS) is 24.3. The van der Waals surface area contributed by atoms with Crippen molar-refractivity contribution in [3.05, 3.63) is 58.7 Å². The minimum atomic E-state index is -0.892. The number of benzene rings is 2. The molecular weight excluding hydrogens is 368 g/mol. The summed E-state index contributed by atoms with van der Waals surface area (Å²) in [6.45, 7) is 2.13. The average Bonchev–Trinajstić information content (AvgIpc) is 2.75. The molecule has 0 amide bonds. The Morgan fingerprint density at radius 3 is 2.17 bits per heavy atom. The highest BCUT2D eigenvalue weighted by molar-refractivity contribution is 5.50. The van der Waals surface area contributed by atoms with Gasteiger partial charge in [0.05, 0.1) is 26.4 Å². The van der Waals surface area contributed by atoms with E-state index in [0.29, 0.717) is 25.0 Å². The molecule has 0 bridgehead atoms. The second kappa shape index (κ2) is 9.61. The zero-order valence-electron chi connectivity index (χ0n) is 17.5. The van der Waals surface area contributed by atoms with Crippen molar-refractivity contribution in [3.8, 4) is 11.5 Å². The summed E-state index contributed by atoms with van der Waals surface area (Å²) in [5, 5.41) is 30.6. The van der Waals surface area contributed by atoms with Crippen LogP contribution < -0.4 is 9.47 Å². The standard InChI is InChI=1S/C24H32O5/c1-4-15-5-7-16(8-6-15)9-18-12-19(23(29-3)13-22(18)28-2)20-10-17(14-25)11-21(26)24(20)27/h5-8,12-13,17,20-21,24-27H,4,9-11,14H2,1-3H3/t17-,20-,21-,24-/m0/s1. The maximum Gasteiger partial charge on any atom is 0.126 e. The van der Waals surface area contributed by atoms with Crippen LogP contribution in [0.1, 0.15) is 47.9 Å². The van der Waals surface area contributed by atoms with Crippen LogP contribution in [0, 0.1) is 5.92 Å². The van der Waals surface area contributed by atoms with Gasteiger partial charge < -0.3 is 24.8 Å². The fourth-order valence-corrected chi connectivity index (χ4v) is 4.34. The summed E-state index contributed by atoms with van der Waals surface area (Å²) >= 11 is 0. The smallest absolute Gasteiger partial charge is 0.126 e. The van der Waals surface area contributed by atoms with Crippen molar-refractivity contribution in [3.63, 3.8) is 0 Å². The number of methoxy groups -OCH3 is 2. The van der Waals surface area contributed by atoms with Gasteiger partial charge in [0, 0.05) is 30.6 Å². The van der Waals surface area contributed by atoms with E-state index in [9.17, 15) is 15.3 Å². The van der Waals surface area contributed by atoms with Crippen molar-refractivity contribution in [2.24, 2.45) is 5.92 Å². The van der Waals surface area contributed by atoms with Gasteiger partial charge in [0.1, 0.15) is 11.5 Å². The molecule has 0 aromatic heterocycles. The van der Waals surface area contributed by atoms with Gasteiger partial charge in [-0.1, -0.05) is 31.2 Å². The zero-order valence-corrected chi connectivity index (χ0v) is 17.5. The van der Waals surface area contributed by atoms with Crippen LogP contribution >= 0.6 is 0 Å². The van der Waals surface area contributed by atoms with Gasteiger partial charge in [0.15, 0.2) is 0 Å². The lowest BCUT2D eigenvalue weighted by Crippen LogP contribution is -2.40. The van der Waals surface area contributed by atoms with E-state index in [4.69, 9.17) is 9.47 Å². The van der Waals surface area contributed by atoms with Crippen LogP contribution in [-0.2, 0) is 12.8 Å². The predicted octanol–water partition coefficient (Wildman–Crippen LogP) is 3.06. The minimum absolute atomic E-state index is 0.00458. The van der Waals surface area contributed by atoms with E-state index in [1.165, 1.54) is 11.1 Å². The number of aryl methyl sites for hydroxylation is 1. The van der Waals surface area contributed by atoms with E-state index in [0.717, 1.165) is 23.3 Å². The Labute approximate surface area is 172 Å². The van der Waals surface area contributed by atoms with E-state index < -0.39 is 12.2 Å². The first kappa shape index (κ1) is 21.6. The van der Waals surface area contributed by atoms with Crippen LogP contribution in [0.15, 0.2) is 36.4 Å². The summed E-state index contributed by atoms with van der Waals surface area (Å²) in [5.74, 6) is 1.00. The van der Waals surface area contributed by atoms with Gasteiger partial charge in [0.2, 0.25) is 0 Å². The summed E-state index contributed by atoms with van der Waals surface area (Å²) in [7, 11) is 3.23. The number of hydrogen-bond acceptors (Lipinski definition) is 5. The highest BCUT2D eigenvalue weighted by Gasteiger charge is 2.38. The fourth-order valence-electron chi connectivity index (χ4n) is 4.34. The maximum atomic E-state index is 10.7. The van der Waals surface area contributed by atoms with E-state index in [-0.39, 0.29) is 18.4 Å². The van der Waals surface area contributed by atoms with Crippen molar-refractivity contribution in [1.29, 1.82) is 0 Å². The number of aliphatic hydroxyl groups excluding tert-OH is 3. The second-order valence-corrected chi connectivity index (χ2v) is 7.94. The average molecular weight is 401 g/mol. The first-order valence-electron chi connectivity index (χ1n) is 10.3. The molecule has 0 spiro atoms. The van der Waals surface area contributed by atoms with Crippen LogP contribution in [0.25, 0.3) is 0 Å². The molecule has 0 heterocycles. The number of rotatable bonds is 7. The molecule has 1 saturated carbocycles. The van der Waals surface area contributed by atoms with Crippen LogP contribution in [0.2, 0.25) is 0 Å². The van der Waals surface area contributed by atoms with Crippen LogP contribution in [-0.4, -0.2) is 48.4 Å². The largest absolute Gasteiger partial charge is 0.496 e. The van der Waals surface area contributed by atoms with Gasteiger partial charge in [0.25, 0.3) is 0 Å². The van der Waals surface area contributed by atoms with Crippen molar-refractivity contribution in [2.45, 2.75) is 50.7 Å². The summed E-state index contributed by atoms with van der Waals surface area (Å²) < 4.78 is 11.2. The third-order valence-electron chi connectivity index (χ3n) is 6.08. The van der Waals surface area contributed by atoms with Gasteiger partial charge in [-0.2, -0.15) is 0 Å². The molecule has 2 aromatic carbocycles. The number of aliphatic hydroxyl groups is 3. The zero-order chi connectivity index (χ0) is 21.0. The van der Waals surface area contributed by atoms with E-state index in [2.05, 4.69) is 31.2 Å². The number of ether oxygens (including phenoxy) is 2. The molecule has 0 radical (unpaired) electrons. The lowest BCUT2D eigenvalue weighted by atomic mass is 9.74. The Morgan fingerprint density at radius 2 is 1.59 bits per heavy atom. The molecule has 0 unspecified atom stereocenters. The molecule has 3 N–H and O–H groups in total. The number of hydrogen-bond donors (Lipinski definition) is 3. The highest BCUT2D eigenvalue weighted by Crippen LogP contribution is 2.43. The molecule has 0 aliphatic heterocycles. The topological polar surface area (TPSA) is 79.2 Å². The molecule has 2 aromatic rings. The predicted molar refractivity (Wildman–Crippen MR) is 113 cm³/mol. The Balaban J connectivity index is 1.98. The van der Waals surface area contributed by atoms with Gasteiger partial charge >= 0.3 is 0 Å². The van der Waals surface area contributed by atoms with Crippen molar-refractivity contribution in [1.82, 2.24) is 0 Å². The SMILES string of the molecule is CCc1ccc(Cc2cc([C@@H]3C[C@H](CO)C[C@H](O)[C@H]3O)c(OC)cc2OC)cc1. The molecule has 4 atom stereocenters. The van der Waals surface area contributed by atoms with Crippen LogP contribution in [0.3, 0.4) is 0 Å². The van der Waals surface area contributed by atoms with Crippen LogP contribution in [0.4, 0.5) is 0 Å². The lowest BCUT2D eigenvalue weighted by molar-refractivity contribution is -0.0475. The van der Waals surface area contributed by atoms with Gasteiger partial charge in [-0.15, -0.1) is 0 Å². The van der Waals surface area contributed by atoms with Gasteiger partial charge in [-0.25, -0.2) is 0 Å². The Kier molecular flexibility index (Phi) is 7.17. The molecule has 5 nitrogen and oxygen atoms in total. The fraction of sp³-hybridized carbons (Fsp3) is 0.500. The quantitative estimate of drug-likeness (QED) is 0.666. The maximum absolute atomic E-state index is 10.7. The Bertz CT molecular complexity index is 802. The van der Waals surface area contributed by atoms with Crippen molar-refractivity contribution < 1.29 is 24.8 Å². The summed E-state index contributed by atoms with van der Waals surface area (Å²) in [6.07, 6.45) is 0.952. The third kappa shape index (κ3) is 4.74. The van der Waals surface area contributed by atoms with Gasteiger partial charge in [-0.3, -0.25) is 0 Å². The molecule has 5 heteroatoms. The first-order chi connectivity index (χ1) is 14.0. The summed E-state index contributed by atoms with van der Waals surface area (Å²) in [4.78, 5) is 0. The van der Waals surface area contributed by atoms with Crippen molar-refractivity contribution in [2.75, 3.05) is 20.8 Å². The Hall–Kier alpha value is -2.08. The van der Waals surface area contributed by atoms with Gasteiger partial charge in [-0.05, 0) is 47.9 Å². The monoisotopic (exact) mass is 400 g/mol. The molecule has 3 rings (SSSR count).